The van der Waals surface area contributed by atoms with Crippen LogP contribution in [0.2, 0.25) is 0 Å². The molecule has 0 aliphatic carbocycles. The fourth-order valence-corrected chi connectivity index (χ4v) is 3.62. The van der Waals surface area contributed by atoms with Crippen LogP contribution in [-0.2, 0) is 11.3 Å². The zero-order chi connectivity index (χ0) is 24.3. The maximum Gasteiger partial charge on any atom is 0.269 e. The molecule has 0 aliphatic rings. The molecule has 6 heteroatoms. The summed E-state index contributed by atoms with van der Waals surface area (Å²) in [4.78, 5) is 14.9. The van der Waals surface area contributed by atoms with E-state index in [1.54, 1.807) is 4.90 Å². The summed E-state index contributed by atoms with van der Waals surface area (Å²) in [6.07, 6.45) is 0. The third kappa shape index (κ3) is 6.62. The largest absolute Gasteiger partial charge is 0.490 e. The van der Waals surface area contributed by atoms with Gasteiger partial charge in [-0.2, -0.15) is 0 Å². The molecule has 4 rings (SSSR count). The molecule has 4 aromatic rings. The fourth-order valence-electron chi connectivity index (χ4n) is 3.62. The van der Waals surface area contributed by atoms with Crippen LogP contribution in [0.4, 0.5) is 17.1 Å². The van der Waals surface area contributed by atoms with E-state index in [1.807, 2.05) is 116 Å². The van der Waals surface area contributed by atoms with E-state index in [0.29, 0.717) is 24.7 Å². The number of hydrogen-bond donors (Lipinski definition) is 2. The molecular formula is C29H29N3O3. The number of para-hydroxylation sites is 3. The van der Waals surface area contributed by atoms with Crippen molar-refractivity contribution in [3.63, 3.8) is 0 Å². The van der Waals surface area contributed by atoms with Crippen molar-refractivity contribution in [2.75, 3.05) is 23.5 Å². The Morgan fingerprint density at radius 2 is 1.34 bits per heavy atom. The highest BCUT2D eigenvalue weighted by Crippen LogP contribution is 2.30. The van der Waals surface area contributed by atoms with Gasteiger partial charge in [0.05, 0.1) is 6.61 Å². The van der Waals surface area contributed by atoms with Crippen molar-refractivity contribution in [1.29, 1.82) is 0 Å². The Bertz CT molecular complexity index is 1160. The molecule has 1 amide bonds. The number of carbonyl (C=O) groups excluding carboxylic acids is 1. The first-order chi connectivity index (χ1) is 17.2. The van der Waals surface area contributed by atoms with Crippen molar-refractivity contribution >= 4 is 23.0 Å². The third-order valence-electron chi connectivity index (χ3n) is 5.24. The van der Waals surface area contributed by atoms with E-state index in [-0.39, 0.29) is 12.5 Å². The maximum absolute atomic E-state index is 13.3. The lowest BCUT2D eigenvalue weighted by molar-refractivity contribution is -0.119. The molecule has 35 heavy (non-hydrogen) atoms. The van der Waals surface area contributed by atoms with E-state index in [2.05, 4.69) is 10.9 Å². The van der Waals surface area contributed by atoms with Gasteiger partial charge in [0.25, 0.3) is 5.91 Å². The first kappa shape index (κ1) is 23.9. The average Bonchev–Trinajstić information content (AvgIpc) is 2.90. The summed E-state index contributed by atoms with van der Waals surface area (Å²) in [5, 5.41) is 0. The minimum atomic E-state index is -0.178. The Balaban J connectivity index is 1.44. The maximum atomic E-state index is 13.3. The Kier molecular flexibility index (Phi) is 8.35. The zero-order valence-corrected chi connectivity index (χ0v) is 19.7. The van der Waals surface area contributed by atoms with E-state index < -0.39 is 0 Å². The molecule has 0 aliphatic heterocycles. The summed E-state index contributed by atoms with van der Waals surface area (Å²) in [5.41, 5.74) is 9.94. The van der Waals surface area contributed by atoms with Crippen LogP contribution in [0, 0.1) is 0 Å². The van der Waals surface area contributed by atoms with Gasteiger partial charge in [-0.1, -0.05) is 60.7 Å². The second-order valence-corrected chi connectivity index (χ2v) is 7.75. The van der Waals surface area contributed by atoms with Crippen molar-refractivity contribution in [2.24, 2.45) is 0 Å². The number of hydrazine groups is 1. The van der Waals surface area contributed by atoms with Crippen LogP contribution in [-0.4, -0.2) is 19.1 Å². The first-order valence-corrected chi connectivity index (χ1v) is 11.6. The molecule has 0 bridgehead atoms. The molecular weight excluding hydrogens is 438 g/mol. The topological polar surface area (TPSA) is 62.8 Å². The normalized spacial score (nSPS) is 10.4. The Labute approximate surface area is 206 Å². The van der Waals surface area contributed by atoms with Gasteiger partial charge in [-0.3, -0.25) is 9.69 Å². The van der Waals surface area contributed by atoms with Crippen molar-refractivity contribution in [3.8, 4) is 11.5 Å². The summed E-state index contributed by atoms with van der Waals surface area (Å²) >= 11 is 0. The van der Waals surface area contributed by atoms with Crippen LogP contribution in [0.3, 0.4) is 0 Å². The Hall–Kier alpha value is -4.29. The molecule has 0 unspecified atom stereocenters. The lowest BCUT2D eigenvalue weighted by Crippen LogP contribution is -2.31. The molecule has 0 saturated carbocycles. The monoisotopic (exact) mass is 467 g/mol. The zero-order valence-electron chi connectivity index (χ0n) is 19.7. The number of amides is 1. The molecule has 0 radical (unpaired) electrons. The van der Waals surface area contributed by atoms with E-state index in [1.165, 1.54) is 0 Å². The number of nitrogens with zero attached hydrogens (tertiary/aromatic N) is 1. The number of ether oxygens (including phenoxy) is 2. The number of hydrogen-bond acceptors (Lipinski definition) is 5. The minimum absolute atomic E-state index is 0.128. The van der Waals surface area contributed by atoms with Gasteiger partial charge >= 0.3 is 0 Å². The first-order valence-electron chi connectivity index (χ1n) is 11.6. The van der Waals surface area contributed by atoms with E-state index >= 15 is 0 Å². The van der Waals surface area contributed by atoms with E-state index in [4.69, 9.17) is 9.47 Å². The summed E-state index contributed by atoms with van der Waals surface area (Å²) in [7, 11) is 0. The molecule has 6 nitrogen and oxygen atoms in total. The van der Waals surface area contributed by atoms with Gasteiger partial charge in [0.2, 0.25) is 0 Å². The summed E-state index contributed by atoms with van der Waals surface area (Å²) in [6, 6.07) is 34.7. The predicted molar refractivity (Wildman–Crippen MR) is 140 cm³/mol. The quantitative estimate of drug-likeness (QED) is 0.267. The molecule has 178 valence electrons. The van der Waals surface area contributed by atoms with Crippen molar-refractivity contribution < 1.29 is 14.3 Å². The predicted octanol–water partition coefficient (Wildman–Crippen LogP) is 5.95. The van der Waals surface area contributed by atoms with Crippen LogP contribution in [0.15, 0.2) is 109 Å². The molecule has 0 aromatic heterocycles. The molecule has 0 spiro atoms. The van der Waals surface area contributed by atoms with Gasteiger partial charge in [0.1, 0.15) is 0 Å². The molecule has 0 saturated heterocycles. The number of carbonyl (C=O) groups is 1. The number of rotatable bonds is 11. The molecule has 2 N–H and O–H groups in total. The van der Waals surface area contributed by atoms with Crippen molar-refractivity contribution in [1.82, 2.24) is 5.43 Å². The van der Waals surface area contributed by atoms with Gasteiger partial charge in [0, 0.05) is 23.6 Å². The van der Waals surface area contributed by atoms with Gasteiger partial charge in [-0.25, -0.2) is 5.43 Å². The Morgan fingerprint density at radius 1 is 0.743 bits per heavy atom. The summed E-state index contributed by atoms with van der Waals surface area (Å²) in [6.45, 7) is 2.87. The average molecular weight is 468 g/mol. The lowest BCUT2D eigenvalue weighted by atomic mass is 10.2. The fraction of sp³-hybridized carbons (Fsp3) is 0.138. The molecule has 4 aromatic carbocycles. The SMILES string of the molecule is CCOc1cc(CNNc2ccccc2)ccc1OCC(=O)N(c1ccccc1)c1ccccc1. The minimum Gasteiger partial charge on any atom is -0.490 e. The molecule has 0 fully saturated rings. The van der Waals surface area contributed by atoms with E-state index in [9.17, 15) is 4.79 Å². The van der Waals surface area contributed by atoms with Crippen LogP contribution < -0.4 is 25.2 Å². The van der Waals surface area contributed by atoms with Crippen LogP contribution in [0.1, 0.15) is 12.5 Å². The van der Waals surface area contributed by atoms with Crippen molar-refractivity contribution in [3.05, 3.63) is 115 Å². The highest BCUT2D eigenvalue weighted by Gasteiger charge is 2.19. The smallest absolute Gasteiger partial charge is 0.269 e. The van der Waals surface area contributed by atoms with Crippen LogP contribution in [0.25, 0.3) is 0 Å². The highest BCUT2D eigenvalue weighted by atomic mass is 16.5. The number of nitrogens with one attached hydrogen (secondary N) is 2. The van der Waals surface area contributed by atoms with Gasteiger partial charge in [-0.05, 0) is 61.0 Å². The second-order valence-electron chi connectivity index (χ2n) is 7.75. The van der Waals surface area contributed by atoms with E-state index in [0.717, 1.165) is 22.6 Å². The lowest BCUT2D eigenvalue weighted by Gasteiger charge is -2.23. The molecule has 0 heterocycles. The van der Waals surface area contributed by atoms with Gasteiger partial charge in [0.15, 0.2) is 18.1 Å². The number of benzene rings is 4. The van der Waals surface area contributed by atoms with Gasteiger partial charge < -0.3 is 14.9 Å². The molecule has 0 atom stereocenters. The van der Waals surface area contributed by atoms with Gasteiger partial charge in [-0.15, -0.1) is 0 Å². The Morgan fingerprint density at radius 3 is 1.94 bits per heavy atom. The van der Waals surface area contributed by atoms with Crippen LogP contribution in [0.5, 0.6) is 11.5 Å². The van der Waals surface area contributed by atoms with Crippen LogP contribution >= 0.6 is 0 Å². The summed E-state index contributed by atoms with van der Waals surface area (Å²) < 4.78 is 11.8. The third-order valence-corrected chi connectivity index (χ3v) is 5.24. The highest BCUT2D eigenvalue weighted by molar-refractivity contribution is 6.01. The summed E-state index contributed by atoms with van der Waals surface area (Å²) in [5.74, 6) is 0.953. The number of anilines is 3. The van der Waals surface area contributed by atoms with Crippen molar-refractivity contribution in [2.45, 2.75) is 13.5 Å². The standard InChI is InChI=1S/C29H29N3O3/c1-2-34-28-20-23(21-30-31-24-12-6-3-7-13-24)18-19-27(28)35-22-29(33)32(25-14-8-4-9-15-25)26-16-10-5-11-17-26/h3-20,30-31H,2,21-22H2,1H3. The second kappa shape index (κ2) is 12.3.